The van der Waals surface area contributed by atoms with Crippen LogP contribution in [-0.2, 0) is 0 Å². The lowest BCUT2D eigenvalue weighted by molar-refractivity contribution is 0.199. The summed E-state index contributed by atoms with van der Waals surface area (Å²) in [5, 5.41) is 10.0. The van der Waals surface area contributed by atoms with Gasteiger partial charge in [0.25, 0.3) is 0 Å². The van der Waals surface area contributed by atoms with Gasteiger partial charge in [0.2, 0.25) is 0 Å². The lowest BCUT2D eigenvalue weighted by Crippen LogP contribution is -2.10. The van der Waals surface area contributed by atoms with E-state index in [4.69, 9.17) is 11.6 Å². The van der Waals surface area contributed by atoms with Gasteiger partial charge in [-0.15, -0.1) is 0 Å². The Hall–Kier alpha value is -1.58. The molecule has 2 rings (SSSR count). The van der Waals surface area contributed by atoms with Gasteiger partial charge in [0.05, 0.1) is 16.8 Å². The first-order chi connectivity index (χ1) is 8.99. The largest absolute Gasteiger partial charge is 0.389 e. The topological polar surface area (TPSA) is 23.5 Å². The van der Waals surface area contributed by atoms with E-state index in [9.17, 15) is 9.50 Å². The fraction of sp³-hybridized carbons (Fsp3) is 0.200. The van der Waals surface area contributed by atoms with Crippen LogP contribution in [0.2, 0.25) is 5.02 Å². The molecule has 0 spiro atoms. The molecule has 1 N–H and O–H groups in total. The molecule has 0 unspecified atom stereocenters. The van der Waals surface area contributed by atoms with Gasteiger partial charge >= 0.3 is 0 Å². The van der Waals surface area contributed by atoms with Gasteiger partial charge < -0.3 is 10.0 Å². The van der Waals surface area contributed by atoms with Crippen molar-refractivity contribution >= 4 is 23.0 Å². The number of anilines is 2. The number of aliphatic hydroxyl groups is 1. The smallest absolute Gasteiger partial charge is 0.125 e. The zero-order valence-corrected chi connectivity index (χ0v) is 11.5. The molecule has 0 aliphatic rings. The van der Waals surface area contributed by atoms with Crippen LogP contribution in [0.15, 0.2) is 42.5 Å². The van der Waals surface area contributed by atoms with E-state index in [0.717, 1.165) is 11.3 Å². The summed E-state index contributed by atoms with van der Waals surface area (Å²) in [5.74, 6) is -0.291. The normalized spacial score (nSPS) is 12.3. The Kier molecular flexibility index (Phi) is 4.08. The Balaban J connectivity index is 2.36. The van der Waals surface area contributed by atoms with Crippen molar-refractivity contribution in [3.63, 3.8) is 0 Å². The first-order valence-electron chi connectivity index (χ1n) is 5.96. The summed E-state index contributed by atoms with van der Waals surface area (Å²) in [4.78, 5) is 1.80. The lowest BCUT2D eigenvalue weighted by Gasteiger charge is -2.21. The van der Waals surface area contributed by atoms with Crippen LogP contribution in [-0.4, -0.2) is 12.2 Å². The van der Waals surface area contributed by atoms with Crippen molar-refractivity contribution in [1.29, 1.82) is 0 Å². The number of hydrogen-bond donors (Lipinski definition) is 1. The minimum Gasteiger partial charge on any atom is -0.389 e. The quantitative estimate of drug-likeness (QED) is 0.905. The summed E-state index contributed by atoms with van der Waals surface area (Å²) in [7, 11) is 1.82. The third kappa shape index (κ3) is 3.06. The van der Waals surface area contributed by atoms with E-state index in [2.05, 4.69) is 0 Å². The molecule has 0 radical (unpaired) electrons. The molecule has 1 atom stereocenters. The Morgan fingerprint density at radius 2 is 1.95 bits per heavy atom. The van der Waals surface area contributed by atoms with Crippen LogP contribution >= 0.6 is 11.6 Å². The average molecular weight is 280 g/mol. The van der Waals surface area contributed by atoms with Gasteiger partial charge in [-0.3, -0.25) is 0 Å². The van der Waals surface area contributed by atoms with Crippen LogP contribution in [0.4, 0.5) is 15.8 Å². The summed E-state index contributed by atoms with van der Waals surface area (Å²) < 4.78 is 13.2. The minimum atomic E-state index is -0.564. The van der Waals surface area contributed by atoms with E-state index in [0.29, 0.717) is 10.7 Å². The summed E-state index contributed by atoms with van der Waals surface area (Å²) in [6.45, 7) is 1.68. The lowest BCUT2D eigenvalue weighted by atomic mass is 10.1. The Bertz CT molecular complexity index is 586. The van der Waals surface area contributed by atoms with E-state index in [1.54, 1.807) is 24.0 Å². The number of nitrogens with zero attached hydrogens (tertiary/aromatic N) is 1. The third-order valence-corrected chi connectivity index (χ3v) is 3.31. The number of rotatable bonds is 3. The molecule has 2 aromatic rings. The average Bonchev–Trinajstić information content (AvgIpc) is 2.37. The number of halogens is 2. The molecule has 2 nitrogen and oxygen atoms in total. The van der Waals surface area contributed by atoms with Crippen molar-refractivity contribution in [3.05, 3.63) is 58.9 Å². The minimum absolute atomic E-state index is 0.291. The highest BCUT2D eigenvalue weighted by Crippen LogP contribution is 2.32. The molecule has 0 heterocycles. The van der Waals surface area contributed by atoms with Gasteiger partial charge in [0, 0.05) is 12.7 Å². The standard InChI is InChI=1S/C15H15ClFNO/c1-10(19)11-6-7-15(14(16)8-11)18(2)13-5-3-4-12(17)9-13/h3-10,19H,1-2H3/t10-/m1/s1. The van der Waals surface area contributed by atoms with Crippen molar-refractivity contribution in [1.82, 2.24) is 0 Å². The monoisotopic (exact) mass is 279 g/mol. The molecule has 19 heavy (non-hydrogen) atoms. The Morgan fingerprint density at radius 1 is 1.21 bits per heavy atom. The molecule has 0 fully saturated rings. The van der Waals surface area contributed by atoms with Gasteiger partial charge in [-0.05, 0) is 42.8 Å². The van der Waals surface area contributed by atoms with Crippen LogP contribution in [0.25, 0.3) is 0 Å². The summed E-state index contributed by atoms with van der Waals surface area (Å²) >= 11 is 6.21. The van der Waals surface area contributed by atoms with Crippen molar-refractivity contribution in [2.75, 3.05) is 11.9 Å². The van der Waals surface area contributed by atoms with E-state index >= 15 is 0 Å². The molecule has 0 saturated heterocycles. The first kappa shape index (κ1) is 13.8. The van der Waals surface area contributed by atoms with Gasteiger partial charge in [-0.2, -0.15) is 0 Å². The molecule has 0 bridgehead atoms. The third-order valence-electron chi connectivity index (χ3n) is 3.01. The zero-order chi connectivity index (χ0) is 14.0. The maximum atomic E-state index is 13.2. The molecule has 2 aromatic carbocycles. The maximum Gasteiger partial charge on any atom is 0.125 e. The molecule has 0 aliphatic heterocycles. The molecule has 0 aromatic heterocycles. The van der Waals surface area contributed by atoms with E-state index in [1.807, 2.05) is 25.2 Å². The van der Waals surface area contributed by atoms with Crippen LogP contribution < -0.4 is 4.90 Å². The molecule has 0 aliphatic carbocycles. The second kappa shape index (κ2) is 5.59. The summed E-state index contributed by atoms with van der Waals surface area (Å²) in [5.41, 5.74) is 2.23. The molecular weight excluding hydrogens is 265 g/mol. The summed E-state index contributed by atoms with van der Waals surface area (Å²) in [6, 6.07) is 11.6. The highest BCUT2D eigenvalue weighted by Gasteiger charge is 2.11. The molecular formula is C15H15ClFNO. The van der Waals surface area contributed by atoms with Gasteiger partial charge in [-0.25, -0.2) is 4.39 Å². The molecule has 4 heteroatoms. The maximum absolute atomic E-state index is 13.2. The van der Waals surface area contributed by atoms with E-state index < -0.39 is 6.10 Å². The SMILES string of the molecule is C[C@@H](O)c1ccc(N(C)c2cccc(F)c2)c(Cl)c1. The number of aliphatic hydroxyl groups excluding tert-OH is 1. The number of hydrogen-bond acceptors (Lipinski definition) is 2. The van der Waals surface area contributed by atoms with Gasteiger partial charge in [-0.1, -0.05) is 23.7 Å². The van der Waals surface area contributed by atoms with Crippen molar-refractivity contribution in [2.45, 2.75) is 13.0 Å². The first-order valence-corrected chi connectivity index (χ1v) is 6.33. The summed E-state index contributed by atoms with van der Waals surface area (Å²) in [6.07, 6.45) is -0.564. The highest BCUT2D eigenvalue weighted by molar-refractivity contribution is 6.33. The fourth-order valence-electron chi connectivity index (χ4n) is 1.88. The van der Waals surface area contributed by atoms with E-state index in [-0.39, 0.29) is 5.82 Å². The van der Waals surface area contributed by atoms with Crippen LogP contribution in [0.1, 0.15) is 18.6 Å². The molecule has 100 valence electrons. The second-order valence-corrected chi connectivity index (χ2v) is 4.83. The van der Waals surface area contributed by atoms with Crippen LogP contribution in [0.5, 0.6) is 0 Å². The van der Waals surface area contributed by atoms with Crippen LogP contribution in [0.3, 0.4) is 0 Å². The predicted molar refractivity (Wildman–Crippen MR) is 76.5 cm³/mol. The molecule has 0 saturated carbocycles. The molecule has 0 amide bonds. The van der Waals surface area contributed by atoms with Crippen LogP contribution in [0, 0.1) is 5.82 Å². The number of benzene rings is 2. The van der Waals surface area contributed by atoms with Gasteiger partial charge in [0.15, 0.2) is 0 Å². The predicted octanol–water partition coefficient (Wildman–Crippen LogP) is 4.30. The Morgan fingerprint density at radius 3 is 2.53 bits per heavy atom. The fourth-order valence-corrected chi connectivity index (χ4v) is 2.19. The zero-order valence-electron chi connectivity index (χ0n) is 10.8. The van der Waals surface area contributed by atoms with Crippen molar-refractivity contribution in [3.8, 4) is 0 Å². The highest BCUT2D eigenvalue weighted by atomic mass is 35.5. The van der Waals surface area contributed by atoms with Gasteiger partial charge in [0.1, 0.15) is 5.82 Å². The van der Waals surface area contributed by atoms with Crippen molar-refractivity contribution in [2.24, 2.45) is 0 Å². The van der Waals surface area contributed by atoms with Crippen molar-refractivity contribution < 1.29 is 9.50 Å². The van der Waals surface area contributed by atoms with E-state index in [1.165, 1.54) is 12.1 Å². The Labute approximate surface area is 117 Å². The second-order valence-electron chi connectivity index (χ2n) is 4.43.